The fourth-order valence-corrected chi connectivity index (χ4v) is 3.79. The van der Waals surface area contributed by atoms with Crippen LogP contribution >= 0.6 is 38.9 Å². The number of aryl methyl sites for hydroxylation is 1. The first-order chi connectivity index (χ1) is 9.01. The number of likely N-dealkylation sites (N-methyl/N-ethyl adjacent to an activating group) is 1. The fraction of sp³-hybridized carbons (Fsp3) is 0.286. The van der Waals surface area contributed by atoms with E-state index < -0.39 is 0 Å². The molecule has 0 bridgehead atoms. The van der Waals surface area contributed by atoms with E-state index in [2.05, 4.69) is 34.2 Å². The highest BCUT2D eigenvalue weighted by molar-refractivity contribution is 9.11. The Morgan fingerprint density at radius 2 is 2.16 bits per heavy atom. The number of nitrogens with one attached hydrogen (secondary N) is 1. The zero-order valence-electron chi connectivity index (χ0n) is 10.6. The molecule has 0 radical (unpaired) electrons. The molecule has 1 atom stereocenters. The highest BCUT2D eigenvalue weighted by Crippen LogP contribution is 2.33. The van der Waals surface area contributed by atoms with E-state index in [1.54, 1.807) is 23.5 Å². The Balaban J connectivity index is 2.21. The average Bonchev–Trinajstić information content (AvgIpc) is 2.71. The third-order valence-corrected chi connectivity index (χ3v) is 5.53. The Morgan fingerprint density at radius 1 is 1.42 bits per heavy atom. The minimum absolute atomic E-state index is 0.177. The molecule has 0 spiro atoms. The SMILES string of the molecule is CNC(Cc1ccc(F)c(Cl)c1)c1cc(C)c(Br)s1. The minimum Gasteiger partial charge on any atom is -0.312 e. The minimum atomic E-state index is -0.374. The van der Waals surface area contributed by atoms with Gasteiger partial charge >= 0.3 is 0 Å². The van der Waals surface area contributed by atoms with Crippen LogP contribution in [0.25, 0.3) is 0 Å². The lowest BCUT2D eigenvalue weighted by Crippen LogP contribution is -2.17. The van der Waals surface area contributed by atoms with Crippen molar-refractivity contribution in [2.24, 2.45) is 0 Å². The molecular weight excluding hydrogens is 349 g/mol. The summed E-state index contributed by atoms with van der Waals surface area (Å²) in [5.74, 6) is -0.374. The molecule has 0 saturated carbocycles. The largest absolute Gasteiger partial charge is 0.312 e. The maximum atomic E-state index is 13.1. The van der Waals surface area contributed by atoms with Gasteiger partial charge in [-0.2, -0.15) is 0 Å². The molecule has 1 aromatic heterocycles. The fourth-order valence-electron chi connectivity index (χ4n) is 1.90. The van der Waals surface area contributed by atoms with Gasteiger partial charge in [0.05, 0.1) is 8.81 Å². The van der Waals surface area contributed by atoms with E-state index in [1.165, 1.54) is 16.5 Å². The van der Waals surface area contributed by atoms with Gasteiger partial charge in [-0.05, 0) is 65.6 Å². The van der Waals surface area contributed by atoms with Crippen LogP contribution in [0.3, 0.4) is 0 Å². The second-order valence-corrected chi connectivity index (χ2v) is 7.21. The van der Waals surface area contributed by atoms with Crippen LogP contribution in [0, 0.1) is 12.7 Å². The van der Waals surface area contributed by atoms with Gasteiger partial charge in [0.15, 0.2) is 0 Å². The van der Waals surface area contributed by atoms with Gasteiger partial charge in [-0.3, -0.25) is 0 Å². The van der Waals surface area contributed by atoms with Crippen LogP contribution in [0.15, 0.2) is 28.1 Å². The van der Waals surface area contributed by atoms with E-state index in [4.69, 9.17) is 11.6 Å². The summed E-state index contributed by atoms with van der Waals surface area (Å²) in [5.41, 5.74) is 2.25. The summed E-state index contributed by atoms with van der Waals surface area (Å²) in [7, 11) is 1.93. The smallest absolute Gasteiger partial charge is 0.141 e. The highest BCUT2D eigenvalue weighted by atomic mass is 79.9. The van der Waals surface area contributed by atoms with Crippen molar-refractivity contribution in [1.82, 2.24) is 5.32 Å². The molecule has 0 aliphatic rings. The zero-order valence-corrected chi connectivity index (χ0v) is 13.8. The molecule has 0 amide bonds. The Labute approximate surface area is 129 Å². The van der Waals surface area contributed by atoms with Gasteiger partial charge in [0.2, 0.25) is 0 Å². The topological polar surface area (TPSA) is 12.0 Å². The molecule has 0 aliphatic carbocycles. The highest BCUT2D eigenvalue weighted by Gasteiger charge is 2.15. The van der Waals surface area contributed by atoms with Crippen LogP contribution in [0.5, 0.6) is 0 Å². The molecule has 0 fully saturated rings. The van der Waals surface area contributed by atoms with E-state index in [0.29, 0.717) is 0 Å². The zero-order chi connectivity index (χ0) is 14.0. The van der Waals surface area contributed by atoms with Crippen LogP contribution in [0.4, 0.5) is 4.39 Å². The number of halogens is 3. The predicted octanol–water partition coefficient (Wildman–Crippen LogP) is 5.11. The van der Waals surface area contributed by atoms with Crippen LogP contribution in [-0.2, 0) is 6.42 Å². The molecule has 1 unspecified atom stereocenters. The number of benzene rings is 1. The standard InChI is InChI=1S/C14H14BrClFNS/c1-8-5-13(19-14(8)15)12(18-2)7-9-3-4-11(17)10(16)6-9/h3-6,12,18H,7H2,1-2H3. The molecule has 2 aromatic rings. The van der Waals surface area contributed by atoms with Gasteiger partial charge in [0.25, 0.3) is 0 Å². The van der Waals surface area contributed by atoms with Crippen molar-refractivity contribution in [2.45, 2.75) is 19.4 Å². The predicted molar refractivity (Wildman–Crippen MR) is 83.7 cm³/mol. The monoisotopic (exact) mass is 361 g/mol. The third kappa shape index (κ3) is 3.57. The first-order valence-electron chi connectivity index (χ1n) is 5.88. The van der Waals surface area contributed by atoms with E-state index in [-0.39, 0.29) is 16.9 Å². The van der Waals surface area contributed by atoms with Crippen LogP contribution in [-0.4, -0.2) is 7.05 Å². The maximum Gasteiger partial charge on any atom is 0.141 e. The van der Waals surface area contributed by atoms with Crippen molar-refractivity contribution >= 4 is 38.9 Å². The first kappa shape index (κ1) is 15.0. The molecule has 102 valence electrons. The van der Waals surface area contributed by atoms with Gasteiger partial charge in [0, 0.05) is 10.9 Å². The van der Waals surface area contributed by atoms with E-state index in [1.807, 2.05) is 7.05 Å². The summed E-state index contributed by atoms with van der Waals surface area (Å²) in [6.07, 6.45) is 0.781. The van der Waals surface area contributed by atoms with Crippen molar-refractivity contribution in [3.05, 3.63) is 54.9 Å². The Kier molecular flexibility index (Phi) is 5.01. The van der Waals surface area contributed by atoms with E-state index in [0.717, 1.165) is 15.8 Å². The lowest BCUT2D eigenvalue weighted by molar-refractivity contribution is 0.598. The molecule has 19 heavy (non-hydrogen) atoms. The van der Waals surface area contributed by atoms with Gasteiger partial charge < -0.3 is 5.32 Å². The van der Waals surface area contributed by atoms with Crippen LogP contribution in [0.1, 0.15) is 22.0 Å². The maximum absolute atomic E-state index is 13.1. The summed E-state index contributed by atoms with van der Waals surface area (Å²) in [6.45, 7) is 2.07. The molecule has 2 rings (SSSR count). The van der Waals surface area contributed by atoms with Crippen molar-refractivity contribution in [3.63, 3.8) is 0 Å². The van der Waals surface area contributed by atoms with Crippen molar-refractivity contribution in [2.75, 3.05) is 7.05 Å². The molecule has 1 aromatic carbocycles. The Morgan fingerprint density at radius 3 is 2.68 bits per heavy atom. The number of rotatable bonds is 4. The number of hydrogen-bond acceptors (Lipinski definition) is 2. The summed E-state index contributed by atoms with van der Waals surface area (Å²) in [5, 5.41) is 3.47. The third-order valence-electron chi connectivity index (χ3n) is 2.99. The van der Waals surface area contributed by atoms with E-state index >= 15 is 0 Å². The summed E-state index contributed by atoms with van der Waals surface area (Å²) >= 11 is 11.1. The van der Waals surface area contributed by atoms with Crippen molar-refractivity contribution < 1.29 is 4.39 Å². The quantitative estimate of drug-likeness (QED) is 0.796. The first-order valence-corrected chi connectivity index (χ1v) is 7.87. The molecule has 1 N–H and O–H groups in total. The van der Waals surface area contributed by atoms with Gasteiger partial charge in [0.1, 0.15) is 5.82 Å². The van der Waals surface area contributed by atoms with Crippen LogP contribution in [0.2, 0.25) is 5.02 Å². The molecule has 1 heterocycles. The molecular formula is C14H14BrClFNS. The molecule has 0 saturated heterocycles. The Bertz CT molecular complexity index is 565. The lowest BCUT2D eigenvalue weighted by atomic mass is 10.0. The van der Waals surface area contributed by atoms with Crippen molar-refractivity contribution in [3.8, 4) is 0 Å². The number of hydrogen-bond donors (Lipinski definition) is 1. The lowest BCUT2D eigenvalue weighted by Gasteiger charge is -2.14. The van der Waals surface area contributed by atoms with Gasteiger partial charge in [-0.25, -0.2) is 4.39 Å². The van der Waals surface area contributed by atoms with Gasteiger partial charge in [-0.1, -0.05) is 17.7 Å². The van der Waals surface area contributed by atoms with E-state index in [9.17, 15) is 4.39 Å². The van der Waals surface area contributed by atoms with Crippen LogP contribution < -0.4 is 5.32 Å². The summed E-state index contributed by atoms with van der Waals surface area (Å²) < 4.78 is 14.3. The molecule has 1 nitrogen and oxygen atoms in total. The Hall–Kier alpha value is -0.420. The van der Waals surface area contributed by atoms with Gasteiger partial charge in [-0.15, -0.1) is 11.3 Å². The second-order valence-electron chi connectivity index (χ2n) is 4.40. The summed E-state index contributed by atoms with van der Waals surface area (Å²) in [6, 6.07) is 7.26. The molecule has 5 heteroatoms. The second kappa shape index (κ2) is 6.35. The number of thiophene rings is 1. The normalized spacial score (nSPS) is 12.7. The van der Waals surface area contributed by atoms with Crippen molar-refractivity contribution in [1.29, 1.82) is 0 Å². The summed E-state index contributed by atoms with van der Waals surface area (Å²) in [4.78, 5) is 1.26. The average molecular weight is 363 g/mol. The molecule has 0 aliphatic heterocycles.